The third-order valence-corrected chi connectivity index (χ3v) is 3.36. The SMILES string of the molecule is Cc1cc(CCl)cc(N2CC(C)OC(C)(C)C2)n1. The van der Waals surface area contributed by atoms with Gasteiger partial charge in [-0.25, -0.2) is 4.98 Å². The lowest BCUT2D eigenvalue weighted by Gasteiger charge is -2.42. The molecule has 1 aliphatic heterocycles. The van der Waals surface area contributed by atoms with Gasteiger partial charge in [-0.1, -0.05) is 0 Å². The van der Waals surface area contributed by atoms with Crippen molar-refractivity contribution < 1.29 is 4.74 Å². The molecule has 1 aromatic heterocycles. The van der Waals surface area contributed by atoms with Crippen LogP contribution in [0.25, 0.3) is 0 Å². The van der Waals surface area contributed by atoms with Crippen molar-refractivity contribution in [1.82, 2.24) is 4.98 Å². The van der Waals surface area contributed by atoms with E-state index in [1.807, 2.05) is 13.0 Å². The molecule has 0 spiro atoms. The standard InChI is InChI=1S/C14H21ClN2O/c1-10-5-12(7-15)6-13(16-10)17-8-11(2)18-14(3,4)9-17/h5-6,11H,7-9H2,1-4H3. The maximum Gasteiger partial charge on any atom is 0.129 e. The summed E-state index contributed by atoms with van der Waals surface area (Å²) in [4.78, 5) is 6.91. The quantitative estimate of drug-likeness (QED) is 0.771. The van der Waals surface area contributed by atoms with E-state index < -0.39 is 0 Å². The molecule has 0 radical (unpaired) electrons. The highest BCUT2D eigenvalue weighted by atomic mass is 35.5. The number of hydrogen-bond donors (Lipinski definition) is 0. The molecule has 1 saturated heterocycles. The Balaban J connectivity index is 2.27. The van der Waals surface area contributed by atoms with Crippen molar-refractivity contribution in [2.75, 3.05) is 18.0 Å². The third kappa shape index (κ3) is 3.15. The zero-order chi connectivity index (χ0) is 13.3. The highest BCUT2D eigenvalue weighted by Gasteiger charge is 2.32. The fourth-order valence-electron chi connectivity index (χ4n) is 2.59. The van der Waals surface area contributed by atoms with Crippen molar-refractivity contribution in [1.29, 1.82) is 0 Å². The van der Waals surface area contributed by atoms with E-state index in [1.54, 1.807) is 0 Å². The number of ether oxygens (including phenoxy) is 1. The van der Waals surface area contributed by atoms with Crippen molar-refractivity contribution in [3.63, 3.8) is 0 Å². The molecule has 0 aliphatic carbocycles. The lowest BCUT2D eigenvalue weighted by molar-refractivity contribution is -0.0751. The van der Waals surface area contributed by atoms with Crippen LogP contribution >= 0.6 is 11.6 Å². The van der Waals surface area contributed by atoms with Crippen molar-refractivity contribution >= 4 is 17.4 Å². The molecular formula is C14H21ClN2O. The Bertz CT molecular complexity index is 434. The first-order chi connectivity index (χ1) is 8.39. The summed E-state index contributed by atoms with van der Waals surface area (Å²) in [7, 11) is 0. The predicted octanol–water partition coefficient (Wildman–Crippen LogP) is 3.13. The molecule has 1 fully saturated rings. The van der Waals surface area contributed by atoms with Crippen LogP contribution in [-0.4, -0.2) is 29.8 Å². The van der Waals surface area contributed by atoms with E-state index in [0.29, 0.717) is 5.88 Å². The van der Waals surface area contributed by atoms with E-state index >= 15 is 0 Å². The molecule has 4 heteroatoms. The van der Waals surface area contributed by atoms with E-state index in [0.717, 1.165) is 30.2 Å². The summed E-state index contributed by atoms with van der Waals surface area (Å²) >= 11 is 5.92. The van der Waals surface area contributed by atoms with Gasteiger partial charge in [-0.3, -0.25) is 0 Å². The van der Waals surface area contributed by atoms with Gasteiger partial charge in [0, 0.05) is 24.7 Å². The van der Waals surface area contributed by atoms with Crippen molar-refractivity contribution in [3.05, 3.63) is 23.4 Å². The first kappa shape index (κ1) is 13.6. The van der Waals surface area contributed by atoms with Crippen LogP contribution in [0.1, 0.15) is 32.0 Å². The number of hydrogen-bond acceptors (Lipinski definition) is 3. The molecule has 1 aromatic rings. The largest absolute Gasteiger partial charge is 0.369 e. The van der Waals surface area contributed by atoms with Gasteiger partial charge < -0.3 is 9.64 Å². The second-order valence-electron chi connectivity index (χ2n) is 5.68. The van der Waals surface area contributed by atoms with Gasteiger partial charge in [0.2, 0.25) is 0 Å². The number of rotatable bonds is 2. The molecule has 3 nitrogen and oxygen atoms in total. The monoisotopic (exact) mass is 268 g/mol. The Morgan fingerprint density at radius 1 is 1.50 bits per heavy atom. The second-order valence-corrected chi connectivity index (χ2v) is 5.94. The number of morpholine rings is 1. The van der Waals surface area contributed by atoms with Crippen LogP contribution in [0.2, 0.25) is 0 Å². The summed E-state index contributed by atoms with van der Waals surface area (Å²) < 4.78 is 5.92. The van der Waals surface area contributed by atoms with Gasteiger partial charge in [-0.15, -0.1) is 11.6 Å². The maximum atomic E-state index is 5.92. The van der Waals surface area contributed by atoms with Crippen LogP contribution in [-0.2, 0) is 10.6 Å². The van der Waals surface area contributed by atoms with Gasteiger partial charge in [0.15, 0.2) is 0 Å². The first-order valence-electron chi connectivity index (χ1n) is 6.36. The number of anilines is 1. The minimum atomic E-state index is -0.135. The molecule has 0 amide bonds. The average Bonchev–Trinajstić information content (AvgIpc) is 2.25. The van der Waals surface area contributed by atoms with Crippen LogP contribution < -0.4 is 4.90 Å². The van der Waals surface area contributed by atoms with Crippen molar-refractivity contribution in [2.24, 2.45) is 0 Å². The molecule has 100 valence electrons. The normalized spacial score (nSPS) is 23.2. The molecule has 2 heterocycles. The van der Waals surface area contributed by atoms with E-state index in [4.69, 9.17) is 16.3 Å². The lowest BCUT2D eigenvalue weighted by Crippen LogP contribution is -2.52. The molecule has 0 N–H and O–H groups in total. The summed E-state index contributed by atoms with van der Waals surface area (Å²) in [5, 5.41) is 0. The van der Waals surface area contributed by atoms with Crippen LogP contribution in [0.3, 0.4) is 0 Å². The summed E-state index contributed by atoms with van der Waals surface area (Å²) in [5.74, 6) is 1.54. The number of pyridine rings is 1. The summed E-state index contributed by atoms with van der Waals surface area (Å²) in [6, 6.07) is 4.11. The van der Waals surface area contributed by atoms with Gasteiger partial charge in [0.1, 0.15) is 5.82 Å². The zero-order valence-corrected chi connectivity index (χ0v) is 12.3. The van der Waals surface area contributed by atoms with Gasteiger partial charge in [0.25, 0.3) is 0 Å². The highest BCUT2D eigenvalue weighted by molar-refractivity contribution is 6.17. The van der Waals surface area contributed by atoms with E-state index in [-0.39, 0.29) is 11.7 Å². The fourth-order valence-corrected chi connectivity index (χ4v) is 2.74. The number of nitrogens with zero attached hydrogens (tertiary/aromatic N) is 2. The Kier molecular flexibility index (Phi) is 3.83. The summed E-state index contributed by atoms with van der Waals surface area (Å²) in [5.41, 5.74) is 2.00. The molecule has 1 unspecified atom stereocenters. The first-order valence-corrected chi connectivity index (χ1v) is 6.89. The van der Waals surface area contributed by atoms with E-state index in [2.05, 4.69) is 36.7 Å². The van der Waals surface area contributed by atoms with E-state index in [1.165, 1.54) is 0 Å². The highest BCUT2D eigenvalue weighted by Crippen LogP contribution is 2.26. The Hall–Kier alpha value is -0.800. The van der Waals surface area contributed by atoms with Crippen molar-refractivity contribution in [2.45, 2.75) is 45.3 Å². The van der Waals surface area contributed by atoms with Gasteiger partial charge in [-0.2, -0.15) is 0 Å². The number of aryl methyl sites for hydroxylation is 1. The van der Waals surface area contributed by atoms with E-state index in [9.17, 15) is 0 Å². The van der Waals surface area contributed by atoms with Crippen molar-refractivity contribution in [3.8, 4) is 0 Å². The molecule has 18 heavy (non-hydrogen) atoms. The maximum absolute atomic E-state index is 5.92. The fraction of sp³-hybridized carbons (Fsp3) is 0.643. The molecule has 1 atom stereocenters. The topological polar surface area (TPSA) is 25.4 Å². The van der Waals surface area contributed by atoms with Crippen LogP contribution in [0.5, 0.6) is 0 Å². The zero-order valence-electron chi connectivity index (χ0n) is 11.5. The predicted molar refractivity (Wildman–Crippen MR) is 75.4 cm³/mol. The molecule has 0 bridgehead atoms. The van der Waals surface area contributed by atoms with Crippen LogP contribution in [0.4, 0.5) is 5.82 Å². The number of aromatic nitrogens is 1. The minimum absolute atomic E-state index is 0.135. The molecule has 0 aromatic carbocycles. The molecule has 1 aliphatic rings. The average molecular weight is 269 g/mol. The van der Waals surface area contributed by atoms with Gasteiger partial charge in [-0.05, 0) is 45.4 Å². The smallest absolute Gasteiger partial charge is 0.129 e. The minimum Gasteiger partial charge on any atom is -0.369 e. The third-order valence-electron chi connectivity index (χ3n) is 3.05. The molecular weight excluding hydrogens is 248 g/mol. The Labute approximate surface area is 114 Å². The Morgan fingerprint density at radius 3 is 2.83 bits per heavy atom. The second kappa shape index (κ2) is 5.06. The number of halogens is 1. The lowest BCUT2D eigenvalue weighted by atomic mass is 10.1. The number of alkyl halides is 1. The molecule has 0 saturated carbocycles. The summed E-state index contributed by atoms with van der Waals surface area (Å²) in [6.07, 6.45) is 0.218. The Morgan fingerprint density at radius 2 is 2.22 bits per heavy atom. The van der Waals surface area contributed by atoms with Gasteiger partial charge >= 0.3 is 0 Å². The summed E-state index contributed by atoms with van der Waals surface area (Å²) in [6.45, 7) is 10.1. The molecule has 2 rings (SSSR count). The van der Waals surface area contributed by atoms with Gasteiger partial charge in [0.05, 0.1) is 11.7 Å². The van der Waals surface area contributed by atoms with Crippen LogP contribution in [0.15, 0.2) is 12.1 Å². The van der Waals surface area contributed by atoms with Crippen LogP contribution in [0, 0.1) is 6.92 Å².